The van der Waals surface area contributed by atoms with Gasteiger partial charge in [-0.3, -0.25) is 0 Å². The van der Waals surface area contributed by atoms with E-state index in [0.29, 0.717) is 12.1 Å². The predicted molar refractivity (Wildman–Crippen MR) is 88.9 cm³/mol. The average molecular weight is 429 g/mol. The first-order valence-corrected chi connectivity index (χ1v) is 10.1. The second-order valence-corrected chi connectivity index (χ2v) is 9.20. The topological polar surface area (TPSA) is 120 Å². The van der Waals surface area contributed by atoms with Crippen LogP contribution in [0.1, 0.15) is 11.1 Å². The lowest BCUT2D eigenvalue weighted by Crippen LogP contribution is -2.15. The molecule has 0 spiro atoms. The number of nitrogens with two attached hydrogens (primary N) is 2. The molecule has 4 N–H and O–H groups in total. The summed E-state index contributed by atoms with van der Waals surface area (Å²) in [5, 5.41) is 4.50. The van der Waals surface area contributed by atoms with Gasteiger partial charge in [-0.2, -0.15) is 13.2 Å². The van der Waals surface area contributed by atoms with E-state index in [4.69, 9.17) is 22.5 Å². The van der Waals surface area contributed by atoms with Gasteiger partial charge in [0.15, 0.2) is 0 Å². The summed E-state index contributed by atoms with van der Waals surface area (Å²) in [6.45, 7) is 1.30. The number of sulfone groups is 1. The molecule has 12 heteroatoms. The third kappa shape index (κ3) is 3.80. The molecule has 0 aliphatic heterocycles. The molecule has 0 bridgehead atoms. The van der Waals surface area contributed by atoms with Crippen molar-refractivity contribution in [3.63, 3.8) is 0 Å². The minimum atomic E-state index is -4.88. The quantitative estimate of drug-likeness (QED) is 0.728. The van der Waals surface area contributed by atoms with Crippen molar-refractivity contribution in [3.8, 4) is 0 Å². The number of hydrogen-bond acceptors (Lipinski definition) is 5. The van der Waals surface area contributed by atoms with Crippen molar-refractivity contribution >= 4 is 37.1 Å². The molecule has 0 aliphatic carbocycles. The minimum Gasteiger partial charge on any atom is -0.398 e. The summed E-state index contributed by atoms with van der Waals surface area (Å²) < 4.78 is 87.2. The van der Waals surface area contributed by atoms with E-state index in [1.807, 2.05) is 0 Å². The molecule has 0 fully saturated rings. The van der Waals surface area contributed by atoms with Crippen LogP contribution in [0.4, 0.5) is 18.9 Å². The fourth-order valence-electron chi connectivity index (χ4n) is 2.26. The largest absolute Gasteiger partial charge is 0.418 e. The molecule has 0 aromatic heterocycles. The average Bonchev–Trinajstić information content (AvgIpc) is 2.43. The van der Waals surface area contributed by atoms with E-state index in [1.54, 1.807) is 0 Å². The number of nitrogen functional groups attached to an aromatic ring is 1. The number of halogens is 4. The van der Waals surface area contributed by atoms with Gasteiger partial charge in [0.2, 0.25) is 19.9 Å². The van der Waals surface area contributed by atoms with Gasteiger partial charge in [-0.15, -0.1) is 0 Å². The Morgan fingerprint density at radius 3 is 2.04 bits per heavy atom. The van der Waals surface area contributed by atoms with Crippen LogP contribution in [-0.2, 0) is 26.0 Å². The second-order valence-electron chi connectivity index (χ2n) is 5.34. The summed E-state index contributed by atoms with van der Waals surface area (Å²) in [7, 11) is -8.56. The summed E-state index contributed by atoms with van der Waals surface area (Å²) in [5.41, 5.74) is 3.21. The first-order valence-electron chi connectivity index (χ1n) is 6.70. The molecule has 0 amide bonds. The molecule has 0 saturated heterocycles. The van der Waals surface area contributed by atoms with Crippen molar-refractivity contribution < 1.29 is 30.0 Å². The van der Waals surface area contributed by atoms with Crippen molar-refractivity contribution in [2.75, 3.05) is 5.73 Å². The van der Waals surface area contributed by atoms with Gasteiger partial charge in [0.25, 0.3) is 0 Å². The number of rotatable bonds is 3. The number of anilines is 1. The molecule has 0 atom stereocenters. The summed E-state index contributed by atoms with van der Waals surface area (Å²) in [6, 6.07) is 3.89. The number of benzene rings is 2. The van der Waals surface area contributed by atoms with Gasteiger partial charge in [0, 0.05) is 5.69 Å². The number of sulfonamides is 1. The zero-order chi connectivity index (χ0) is 20.1. The number of primary sulfonamides is 1. The van der Waals surface area contributed by atoms with Crippen LogP contribution in [0, 0.1) is 6.92 Å². The van der Waals surface area contributed by atoms with Gasteiger partial charge in [0.1, 0.15) is 0 Å². The Morgan fingerprint density at radius 1 is 1.00 bits per heavy atom. The van der Waals surface area contributed by atoms with Crippen LogP contribution in [-0.4, -0.2) is 16.8 Å². The Balaban J connectivity index is 2.71. The lowest BCUT2D eigenvalue weighted by atomic mass is 10.2. The van der Waals surface area contributed by atoms with Crippen LogP contribution in [0.15, 0.2) is 45.0 Å². The van der Waals surface area contributed by atoms with Crippen LogP contribution < -0.4 is 10.9 Å². The van der Waals surface area contributed by atoms with Gasteiger partial charge in [-0.25, -0.2) is 22.0 Å². The molecular formula is C14H12ClF3N2O4S2. The number of hydrogen-bond donors (Lipinski definition) is 2. The van der Waals surface area contributed by atoms with Crippen molar-refractivity contribution in [1.29, 1.82) is 0 Å². The van der Waals surface area contributed by atoms with E-state index in [-0.39, 0.29) is 10.5 Å². The zero-order valence-electron chi connectivity index (χ0n) is 13.0. The molecule has 0 unspecified atom stereocenters. The maximum Gasteiger partial charge on any atom is 0.418 e. The minimum absolute atomic E-state index is 0.0104. The van der Waals surface area contributed by atoms with Gasteiger partial charge in [-0.1, -0.05) is 11.6 Å². The van der Waals surface area contributed by atoms with E-state index in [0.717, 1.165) is 18.2 Å². The van der Waals surface area contributed by atoms with Crippen molar-refractivity contribution in [3.05, 3.63) is 46.5 Å². The third-order valence-corrected chi connectivity index (χ3v) is 6.75. The van der Waals surface area contributed by atoms with E-state index in [2.05, 4.69) is 0 Å². The van der Waals surface area contributed by atoms with Crippen molar-refractivity contribution in [2.24, 2.45) is 5.14 Å². The molecule has 2 aromatic rings. The lowest BCUT2D eigenvalue weighted by Gasteiger charge is -2.14. The SMILES string of the molecule is Cc1cc(S(=O)(=O)c2cc(C(F)(F)F)c(N)cc2Cl)ccc1S(N)(=O)=O. The van der Waals surface area contributed by atoms with Crippen LogP contribution in [0.25, 0.3) is 0 Å². The van der Waals surface area contributed by atoms with Crippen molar-refractivity contribution in [1.82, 2.24) is 0 Å². The van der Waals surface area contributed by atoms with E-state index in [1.165, 1.54) is 6.92 Å². The fourth-order valence-corrected chi connectivity index (χ4v) is 4.92. The second kappa shape index (κ2) is 6.41. The van der Waals surface area contributed by atoms with Gasteiger partial charge in [-0.05, 0) is 42.8 Å². The Hall–Kier alpha value is -1.82. The first kappa shape index (κ1) is 20.5. The molecule has 2 aromatic carbocycles. The Kier molecular flexibility index (Phi) is 5.05. The molecule has 0 saturated carbocycles. The molecule has 2 rings (SSSR count). The van der Waals surface area contributed by atoms with Crippen LogP contribution in [0.2, 0.25) is 5.02 Å². The Bertz CT molecular complexity index is 1100. The molecule has 26 heavy (non-hydrogen) atoms. The van der Waals surface area contributed by atoms with Gasteiger partial charge in [0.05, 0.1) is 25.3 Å². The fraction of sp³-hybridized carbons (Fsp3) is 0.143. The molecule has 142 valence electrons. The van der Waals surface area contributed by atoms with E-state index < -0.39 is 52.1 Å². The summed E-state index contributed by atoms with van der Waals surface area (Å²) in [6.07, 6.45) is -4.88. The molecule has 0 heterocycles. The summed E-state index contributed by atoms with van der Waals surface area (Å²) in [4.78, 5) is -1.55. The summed E-state index contributed by atoms with van der Waals surface area (Å²) >= 11 is 5.79. The Labute approximate surface area is 152 Å². The predicted octanol–water partition coefficient (Wildman–Crippen LogP) is 2.73. The highest BCUT2D eigenvalue weighted by atomic mass is 35.5. The van der Waals surface area contributed by atoms with Crippen molar-refractivity contribution in [2.45, 2.75) is 27.8 Å². The standard InChI is InChI=1S/C14H12ClF3N2O4S2/c1-7-4-8(2-3-12(7)26(20,23)24)25(21,22)13-5-9(14(16,17)18)11(19)6-10(13)15/h2-6H,19H2,1H3,(H2,20,23,24). The van der Waals surface area contributed by atoms with E-state index >= 15 is 0 Å². The lowest BCUT2D eigenvalue weighted by molar-refractivity contribution is -0.137. The molecule has 0 aliphatic rings. The highest BCUT2D eigenvalue weighted by Crippen LogP contribution is 2.39. The highest BCUT2D eigenvalue weighted by Gasteiger charge is 2.35. The van der Waals surface area contributed by atoms with Crippen LogP contribution in [0.3, 0.4) is 0 Å². The Morgan fingerprint density at radius 2 is 1.58 bits per heavy atom. The smallest absolute Gasteiger partial charge is 0.398 e. The van der Waals surface area contributed by atoms with Gasteiger partial charge >= 0.3 is 6.18 Å². The third-order valence-electron chi connectivity index (χ3n) is 3.46. The molecule has 6 nitrogen and oxygen atoms in total. The maximum atomic E-state index is 13.0. The van der Waals surface area contributed by atoms with Crippen LogP contribution >= 0.6 is 11.6 Å². The normalized spacial score (nSPS) is 13.0. The van der Waals surface area contributed by atoms with E-state index in [9.17, 15) is 30.0 Å². The molecular weight excluding hydrogens is 417 g/mol. The highest BCUT2D eigenvalue weighted by molar-refractivity contribution is 7.91. The zero-order valence-corrected chi connectivity index (χ0v) is 15.4. The summed E-state index contributed by atoms with van der Waals surface area (Å²) in [5.74, 6) is 0. The molecule has 0 radical (unpaired) electrons. The number of aryl methyl sites for hydroxylation is 1. The first-order chi connectivity index (χ1) is 11.7. The van der Waals surface area contributed by atoms with Gasteiger partial charge < -0.3 is 5.73 Å². The maximum absolute atomic E-state index is 13.0. The van der Waals surface area contributed by atoms with Crippen LogP contribution in [0.5, 0.6) is 0 Å². The number of alkyl halides is 3. The monoisotopic (exact) mass is 428 g/mol.